The summed E-state index contributed by atoms with van der Waals surface area (Å²) in [4.78, 5) is 30.7. The van der Waals surface area contributed by atoms with Gasteiger partial charge in [0.05, 0.1) is 22.2 Å². The SMILES string of the molecule is Cc1ccc2c(c1)/C(=C\c1nc3ccccc3c(=O)n1-c1ccccc1)C(=O)N2. The number of benzene rings is 3. The molecule has 5 rings (SSSR count). The molecule has 0 atom stereocenters. The molecule has 3 aromatic carbocycles. The van der Waals surface area contributed by atoms with Crippen LogP contribution in [-0.4, -0.2) is 15.5 Å². The molecule has 1 N–H and O–H groups in total. The Morgan fingerprint density at radius 3 is 2.52 bits per heavy atom. The highest BCUT2D eigenvalue weighted by molar-refractivity contribution is 6.34. The Labute approximate surface area is 167 Å². The van der Waals surface area contributed by atoms with Crippen molar-refractivity contribution < 1.29 is 4.79 Å². The van der Waals surface area contributed by atoms with E-state index >= 15 is 0 Å². The van der Waals surface area contributed by atoms with Gasteiger partial charge in [0, 0.05) is 11.3 Å². The van der Waals surface area contributed by atoms with Crippen molar-refractivity contribution in [3.63, 3.8) is 0 Å². The molecular formula is C24H17N3O2. The van der Waals surface area contributed by atoms with E-state index in [2.05, 4.69) is 5.32 Å². The lowest BCUT2D eigenvalue weighted by molar-refractivity contribution is -0.110. The van der Waals surface area contributed by atoms with Gasteiger partial charge in [-0.3, -0.25) is 14.2 Å². The lowest BCUT2D eigenvalue weighted by Gasteiger charge is -2.12. The number of nitrogens with zero attached hydrogens (tertiary/aromatic N) is 2. The Balaban J connectivity index is 1.82. The molecule has 0 saturated carbocycles. The molecule has 1 amide bonds. The van der Waals surface area contributed by atoms with Gasteiger partial charge in [0.15, 0.2) is 0 Å². The van der Waals surface area contributed by atoms with Gasteiger partial charge >= 0.3 is 0 Å². The first-order valence-electron chi connectivity index (χ1n) is 9.33. The van der Waals surface area contributed by atoms with E-state index in [0.717, 1.165) is 16.8 Å². The molecule has 0 bridgehead atoms. The monoisotopic (exact) mass is 379 g/mol. The van der Waals surface area contributed by atoms with E-state index < -0.39 is 0 Å². The Kier molecular flexibility index (Phi) is 3.88. The minimum atomic E-state index is -0.201. The second kappa shape index (κ2) is 6.56. The van der Waals surface area contributed by atoms with Gasteiger partial charge in [-0.05, 0) is 49.4 Å². The van der Waals surface area contributed by atoms with Crippen LogP contribution in [0.1, 0.15) is 17.0 Å². The summed E-state index contributed by atoms with van der Waals surface area (Å²) in [6, 6.07) is 22.4. The number of amides is 1. The number of nitrogens with one attached hydrogen (secondary N) is 1. The third kappa shape index (κ3) is 2.84. The maximum absolute atomic E-state index is 13.3. The van der Waals surface area contributed by atoms with E-state index in [1.807, 2.05) is 67.6 Å². The summed E-state index contributed by atoms with van der Waals surface area (Å²) in [6.07, 6.45) is 1.70. The maximum Gasteiger partial charge on any atom is 0.266 e. The topological polar surface area (TPSA) is 64.0 Å². The number of fused-ring (bicyclic) bond motifs is 2. The van der Waals surface area contributed by atoms with Gasteiger partial charge in [0.25, 0.3) is 11.5 Å². The van der Waals surface area contributed by atoms with Crippen molar-refractivity contribution in [1.29, 1.82) is 0 Å². The lowest BCUT2D eigenvalue weighted by atomic mass is 10.0. The average molecular weight is 379 g/mol. The molecule has 1 aromatic heterocycles. The highest BCUT2D eigenvalue weighted by Crippen LogP contribution is 2.33. The summed E-state index contributed by atoms with van der Waals surface area (Å²) in [5.74, 6) is 0.215. The van der Waals surface area contributed by atoms with Crippen LogP contribution in [0.25, 0.3) is 28.2 Å². The zero-order chi connectivity index (χ0) is 20.0. The second-order valence-corrected chi connectivity index (χ2v) is 7.02. The predicted octanol–water partition coefficient (Wildman–Crippen LogP) is 4.19. The molecule has 140 valence electrons. The molecule has 29 heavy (non-hydrogen) atoms. The minimum absolute atomic E-state index is 0.170. The number of hydrogen-bond donors (Lipinski definition) is 1. The summed E-state index contributed by atoms with van der Waals surface area (Å²) in [5, 5.41) is 3.42. The van der Waals surface area contributed by atoms with Crippen LogP contribution >= 0.6 is 0 Å². The van der Waals surface area contributed by atoms with Crippen LogP contribution in [0.4, 0.5) is 5.69 Å². The smallest absolute Gasteiger partial charge is 0.266 e. The fourth-order valence-corrected chi connectivity index (χ4v) is 3.65. The van der Waals surface area contributed by atoms with Gasteiger partial charge < -0.3 is 5.32 Å². The number of aryl methyl sites for hydroxylation is 1. The molecule has 5 heteroatoms. The van der Waals surface area contributed by atoms with Crippen molar-refractivity contribution in [3.8, 4) is 5.69 Å². The normalized spacial score (nSPS) is 14.2. The van der Waals surface area contributed by atoms with Gasteiger partial charge in [-0.25, -0.2) is 4.98 Å². The van der Waals surface area contributed by atoms with Crippen molar-refractivity contribution in [2.75, 3.05) is 5.32 Å². The van der Waals surface area contributed by atoms with Crippen molar-refractivity contribution in [2.24, 2.45) is 0 Å². The Bertz CT molecular complexity index is 1370. The van der Waals surface area contributed by atoms with Crippen molar-refractivity contribution >= 4 is 34.1 Å². The van der Waals surface area contributed by atoms with E-state index in [1.165, 1.54) is 0 Å². The Hall–Kier alpha value is -3.99. The predicted molar refractivity (Wildman–Crippen MR) is 115 cm³/mol. The van der Waals surface area contributed by atoms with Crippen LogP contribution in [0.3, 0.4) is 0 Å². The van der Waals surface area contributed by atoms with Crippen molar-refractivity contribution in [2.45, 2.75) is 6.92 Å². The molecule has 4 aromatic rings. The summed E-state index contributed by atoms with van der Waals surface area (Å²) >= 11 is 0. The second-order valence-electron chi connectivity index (χ2n) is 7.02. The van der Waals surface area contributed by atoms with E-state index in [-0.39, 0.29) is 11.5 Å². The molecular weight excluding hydrogens is 362 g/mol. The minimum Gasteiger partial charge on any atom is -0.321 e. The van der Waals surface area contributed by atoms with Gasteiger partial charge in [-0.2, -0.15) is 0 Å². The fraction of sp³-hybridized carbons (Fsp3) is 0.0417. The Morgan fingerprint density at radius 2 is 1.69 bits per heavy atom. The molecule has 0 saturated heterocycles. The third-order valence-corrected chi connectivity index (χ3v) is 5.05. The van der Waals surface area contributed by atoms with Gasteiger partial charge in [-0.1, -0.05) is 42.0 Å². The third-order valence-electron chi connectivity index (χ3n) is 5.05. The number of aromatic nitrogens is 2. The van der Waals surface area contributed by atoms with Crippen LogP contribution < -0.4 is 10.9 Å². The lowest BCUT2D eigenvalue weighted by Crippen LogP contribution is -2.22. The molecule has 5 nitrogen and oxygen atoms in total. The summed E-state index contributed by atoms with van der Waals surface area (Å²) < 4.78 is 1.55. The van der Waals surface area contributed by atoms with E-state index in [4.69, 9.17) is 4.98 Å². The summed E-state index contributed by atoms with van der Waals surface area (Å²) in [6.45, 7) is 1.98. The van der Waals surface area contributed by atoms with Gasteiger partial charge in [-0.15, -0.1) is 0 Å². The van der Waals surface area contributed by atoms with Gasteiger partial charge in [0.1, 0.15) is 5.82 Å². The van der Waals surface area contributed by atoms with Crippen LogP contribution in [0, 0.1) is 6.92 Å². The first-order valence-corrected chi connectivity index (χ1v) is 9.33. The highest BCUT2D eigenvalue weighted by Gasteiger charge is 2.25. The number of rotatable bonds is 2. The highest BCUT2D eigenvalue weighted by atomic mass is 16.2. The number of hydrogen-bond acceptors (Lipinski definition) is 3. The number of carbonyl (C=O) groups is 1. The van der Waals surface area contributed by atoms with Gasteiger partial charge in [0.2, 0.25) is 0 Å². The molecule has 1 aliphatic heterocycles. The first kappa shape index (κ1) is 17.1. The number of para-hydroxylation sites is 2. The quantitative estimate of drug-likeness (QED) is 0.531. The first-order chi connectivity index (χ1) is 14.1. The van der Waals surface area contributed by atoms with Crippen molar-refractivity contribution in [3.05, 3.63) is 100 Å². The summed E-state index contributed by atoms with van der Waals surface area (Å²) in [7, 11) is 0. The zero-order valence-corrected chi connectivity index (χ0v) is 15.7. The largest absolute Gasteiger partial charge is 0.321 e. The molecule has 0 spiro atoms. The number of carbonyl (C=O) groups excluding carboxylic acids is 1. The van der Waals surface area contributed by atoms with Crippen molar-refractivity contribution in [1.82, 2.24) is 9.55 Å². The molecule has 0 radical (unpaired) electrons. The molecule has 0 aliphatic carbocycles. The van der Waals surface area contributed by atoms with Crippen LogP contribution in [0.5, 0.6) is 0 Å². The average Bonchev–Trinajstić information content (AvgIpc) is 3.03. The van der Waals surface area contributed by atoms with Crippen LogP contribution in [0.2, 0.25) is 0 Å². The number of anilines is 1. The molecule has 0 fully saturated rings. The summed E-state index contributed by atoms with van der Waals surface area (Å²) in [5.41, 5.74) is 4.26. The fourth-order valence-electron chi connectivity index (χ4n) is 3.65. The van der Waals surface area contributed by atoms with Crippen LogP contribution in [0.15, 0.2) is 77.6 Å². The molecule has 0 unspecified atom stereocenters. The molecule has 1 aliphatic rings. The maximum atomic E-state index is 13.3. The Morgan fingerprint density at radius 1 is 0.931 bits per heavy atom. The van der Waals surface area contributed by atoms with E-state index in [0.29, 0.717) is 28.0 Å². The van der Waals surface area contributed by atoms with E-state index in [1.54, 1.807) is 22.8 Å². The van der Waals surface area contributed by atoms with Crippen LogP contribution in [-0.2, 0) is 4.79 Å². The molecule has 2 heterocycles. The standard InChI is InChI=1S/C24H17N3O2/c1-15-11-12-21-18(13-15)19(23(28)26-21)14-22-25-20-10-6-5-9-17(20)24(29)27(22)16-7-3-2-4-8-16/h2-14H,1H3,(H,26,28)/b19-14+. The zero-order valence-electron chi connectivity index (χ0n) is 15.7. The van der Waals surface area contributed by atoms with E-state index in [9.17, 15) is 9.59 Å².